The van der Waals surface area contributed by atoms with Crippen molar-refractivity contribution < 1.29 is 23.8 Å². The minimum absolute atomic E-state index is 0.0196. The molecule has 32 heavy (non-hydrogen) atoms. The van der Waals surface area contributed by atoms with Gasteiger partial charge < -0.3 is 24.4 Å². The van der Waals surface area contributed by atoms with Crippen molar-refractivity contribution in [2.24, 2.45) is 0 Å². The van der Waals surface area contributed by atoms with Gasteiger partial charge >= 0.3 is 0 Å². The summed E-state index contributed by atoms with van der Waals surface area (Å²) in [5.41, 5.74) is 1.03. The number of nitrogens with zero attached hydrogens (tertiary/aromatic N) is 1. The van der Waals surface area contributed by atoms with Crippen LogP contribution in [0.15, 0.2) is 42.5 Å². The van der Waals surface area contributed by atoms with Crippen LogP contribution in [0.1, 0.15) is 37.8 Å². The first-order valence-electron chi connectivity index (χ1n) is 10.9. The topological polar surface area (TPSA) is 77.1 Å². The van der Waals surface area contributed by atoms with E-state index in [0.717, 1.165) is 16.9 Å². The maximum atomic E-state index is 13.2. The highest BCUT2D eigenvalue weighted by Crippen LogP contribution is 2.34. The maximum Gasteiger partial charge on any atom is 0.245 e. The number of carbonyl (C=O) groups excluding carboxylic acids is 2. The van der Waals surface area contributed by atoms with E-state index in [1.165, 1.54) is 0 Å². The first-order chi connectivity index (χ1) is 15.4. The van der Waals surface area contributed by atoms with Crippen molar-refractivity contribution in [1.29, 1.82) is 0 Å². The van der Waals surface area contributed by atoms with Crippen LogP contribution in [-0.2, 0) is 22.6 Å². The lowest BCUT2D eigenvalue weighted by atomic mass is 9.96. The summed E-state index contributed by atoms with van der Waals surface area (Å²) in [5, 5.41) is 3.02. The van der Waals surface area contributed by atoms with Crippen molar-refractivity contribution in [1.82, 2.24) is 10.2 Å². The van der Waals surface area contributed by atoms with E-state index in [1.54, 1.807) is 19.1 Å². The fraction of sp³-hybridized carbons (Fsp3) is 0.440. The Kier molecular flexibility index (Phi) is 7.62. The molecular formula is C25H32N2O5. The number of methoxy groups -OCH3 is 2. The van der Waals surface area contributed by atoms with E-state index in [1.807, 2.05) is 56.3 Å². The van der Waals surface area contributed by atoms with Gasteiger partial charge in [-0.2, -0.15) is 0 Å². The van der Waals surface area contributed by atoms with E-state index < -0.39 is 5.54 Å². The third kappa shape index (κ3) is 4.98. The Hall–Kier alpha value is -3.22. The van der Waals surface area contributed by atoms with Crippen molar-refractivity contribution in [3.63, 3.8) is 0 Å². The molecule has 1 atom stereocenters. The minimum atomic E-state index is -0.895. The highest BCUT2D eigenvalue weighted by atomic mass is 16.5. The Bertz CT molecular complexity index is 961. The monoisotopic (exact) mass is 440 g/mol. The molecule has 0 aromatic heterocycles. The third-order valence-electron chi connectivity index (χ3n) is 5.96. The second-order valence-corrected chi connectivity index (χ2v) is 7.99. The van der Waals surface area contributed by atoms with Crippen LogP contribution >= 0.6 is 0 Å². The molecule has 1 saturated heterocycles. The summed E-state index contributed by atoms with van der Waals surface area (Å²) < 4.78 is 16.3. The third-order valence-corrected chi connectivity index (χ3v) is 5.96. The quantitative estimate of drug-likeness (QED) is 0.613. The normalized spacial score (nSPS) is 17.9. The lowest BCUT2D eigenvalue weighted by molar-refractivity contribution is -0.141. The number of hydrogen-bond donors (Lipinski definition) is 1. The zero-order valence-electron chi connectivity index (χ0n) is 19.3. The molecule has 7 heteroatoms. The molecule has 3 rings (SSSR count). The van der Waals surface area contributed by atoms with Gasteiger partial charge in [0.05, 0.1) is 27.4 Å². The van der Waals surface area contributed by atoms with Gasteiger partial charge in [-0.3, -0.25) is 9.59 Å². The van der Waals surface area contributed by atoms with E-state index in [0.29, 0.717) is 50.5 Å². The number of carbonyl (C=O) groups is 2. The highest BCUT2D eigenvalue weighted by Gasteiger charge is 2.47. The zero-order valence-corrected chi connectivity index (χ0v) is 19.3. The van der Waals surface area contributed by atoms with Gasteiger partial charge in [0.1, 0.15) is 11.3 Å². The van der Waals surface area contributed by atoms with Crippen LogP contribution in [0.5, 0.6) is 17.2 Å². The molecule has 1 heterocycles. The van der Waals surface area contributed by atoms with E-state index in [-0.39, 0.29) is 11.8 Å². The molecule has 1 fully saturated rings. The van der Waals surface area contributed by atoms with Crippen molar-refractivity contribution in [2.75, 3.05) is 27.4 Å². The number of benzene rings is 2. The number of amides is 2. The molecule has 2 amide bonds. The number of rotatable bonds is 10. The van der Waals surface area contributed by atoms with E-state index in [9.17, 15) is 9.59 Å². The van der Waals surface area contributed by atoms with Gasteiger partial charge in [0.25, 0.3) is 0 Å². The highest BCUT2D eigenvalue weighted by molar-refractivity contribution is 5.94. The second-order valence-electron chi connectivity index (χ2n) is 7.99. The number of nitrogens with one attached hydrogen (secondary N) is 1. The van der Waals surface area contributed by atoms with E-state index in [2.05, 4.69) is 5.32 Å². The summed E-state index contributed by atoms with van der Waals surface area (Å²) in [6.45, 7) is 5.11. The van der Waals surface area contributed by atoms with Crippen molar-refractivity contribution in [3.05, 3.63) is 53.6 Å². The summed E-state index contributed by atoms with van der Waals surface area (Å²) in [6.07, 6.45) is 1.49. The average molecular weight is 441 g/mol. The summed E-state index contributed by atoms with van der Waals surface area (Å²) in [5.74, 6) is 1.90. The molecule has 1 aliphatic rings. The molecule has 172 valence electrons. The Balaban J connectivity index is 1.66. The molecule has 0 spiro atoms. The Morgan fingerprint density at radius 3 is 2.56 bits per heavy atom. The fourth-order valence-corrected chi connectivity index (χ4v) is 4.04. The Labute approximate surface area is 189 Å². The molecule has 2 aromatic rings. The SMILES string of the molecule is CCOc1ccccc1CN1C(=O)CC[C@@]1(C)C(=O)NCCc1ccc(OC)c(OC)c1. The van der Waals surface area contributed by atoms with Gasteiger partial charge in [-0.25, -0.2) is 0 Å². The fourth-order valence-electron chi connectivity index (χ4n) is 4.04. The number of ether oxygens (including phenoxy) is 3. The molecule has 1 aliphatic heterocycles. The standard InChI is InChI=1S/C25H32N2O5/c1-5-32-20-9-7-6-8-19(20)17-27-23(28)12-14-25(27,2)24(29)26-15-13-18-10-11-21(30-3)22(16-18)31-4/h6-11,16H,5,12-15,17H2,1-4H3,(H,26,29)/t25-/m0/s1. The molecule has 0 bridgehead atoms. The van der Waals surface area contributed by atoms with Crippen LogP contribution in [-0.4, -0.2) is 49.6 Å². The smallest absolute Gasteiger partial charge is 0.245 e. The maximum absolute atomic E-state index is 13.2. The lowest BCUT2D eigenvalue weighted by Gasteiger charge is -2.34. The van der Waals surface area contributed by atoms with Gasteiger partial charge in [0.15, 0.2) is 11.5 Å². The van der Waals surface area contributed by atoms with E-state index >= 15 is 0 Å². The number of para-hydroxylation sites is 1. The van der Waals surface area contributed by atoms with Gasteiger partial charge in [0.2, 0.25) is 11.8 Å². The first-order valence-corrected chi connectivity index (χ1v) is 10.9. The van der Waals surface area contributed by atoms with Crippen LogP contribution in [0.3, 0.4) is 0 Å². The van der Waals surface area contributed by atoms with Crippen LogP contribution in [0.4, 0.5) is 0 Å². The second kappa shape index (κ2) is 10.4. The molecule has 7 nitrogen and oxygen atoms in total. The molecule has 1 N–H and O–H groups in total. The van der Waals surface area contributed by atoms with Crippen molar-refractivity contribution in [2.45, 2.75) is 45.2 Å². The Morgan fingerprint density at radius 1 is 1.09 bits per heavy atom. The van der Waals surface area contributed by atoms with Crippen LogP contribution in [0.25, 0.3) is 0 Å². The largest absolute Gasteiger partial charge is 0.494 e. The van der Waals surface area contributed by atoms with Crippen LogP contribution in [0, 0.1) is 0 Å². The first kappa shape index (κ1) is 23.4. The average Bonchev–Trinajstić information content (AvgIpc) is 3.10. The van der Waals surface area contributed by atoms with Gasteiger partial charge in [-0.15, -0.1) is 0 Å². The van der Waals surface area contributed by atoms with Gasteiger partial charge in [0, 0.05) is 18.5 Å². The molecule has 2 aromatic carbocycles. The van der Waals surface area contributed by atoms with Gasteiger partial charge in [-0.05, 0) is 50.5 Å². The molecular weight excluding hydrogens is 408 g/mol. The van der Waals surface area contributed by atoms with Crippen molar-refractivity contribution in [3.8, 4) is 17.2 Å². The van der Waals surface area contributed by atoms with E-state index in [4.69, 9.17) is 14.2 Å². The molecule has 0 aliphatic carbocycles. The predicted octanol–water partition coefficient (Wildman–Crippen LogP) is 3.34. The summed E-state index contributed by atoms with van der Waals surface area (Å²) in [6, 6.07) is 13.4. The summed E-state index contributed by atoms with van der Waals surface area (Å²) in [4.78, 5) is 27.5. The molecule has 0 saturated carbocycles. The van der Waals surface area contributed by atoms with Crippen LogP contribution < -0.4 is 19.5 Å². The molecule has 0 unspecified atom stereocenters. The summed E-state index contributed by atoms with van der Waals surface area (Å²) in [7, 11) is 3.19. The summed E-state index contributed by atoms with van der Waals surface area (Å²) >= 11 is 0. The zero-order chi connectivity index (χ0) is 23.1. The number of likely N-dealkylation sites (tertiary alicyclic amines) is 1. The van der Waals surface area contributed by atoms with Crippen molar-refractivity contribution >= 4 is 11.8 Å². The lowest BCUT2D eigenvalue weighted by Crippen LogP contribution is -2.54. The molecule has 0 radical (unpaired) electrons. The van der Waals surface area contributed by atoms with Gasteiger partial charge in [-0.1, -0.05) is 24.3 Å². The Morgan fingerprint density at radius 2 is 1.84 bits per heavy atom. The number of hydrogen-bond acceptors (Lipinski definition) is 5. The van der Waals surface area contributed by atoms with Crippen LogP contribution in [0.2, 0.25) is 0 Å². The predicted molar refractivity (Wildman–Crippen MR) is 122 cm³/mol. The minimum Gasteiger partial charge on any atom is -0.494 e.